The van der Waals surface area contributed by atoms with Crippen molar-refractivity contribution in [2.75, 3.05) is 59.2 Å². The number of hydrogen-bond donors (Lipinski definition) is 0. The minimum absolute atomic E-state index is 0.327. The first-order valence-corrected chi connectivity index (χ1v) is 14.9. The summed E-state index contributed by atoms with van der Waals surface area (Å²) in [5.41, 5.74) is 1.04. The predicted molar refractivity (Wildman–Crippen MR) is 140 cm³/mol. The Labute approximate surface area is 209 Å². The molecule has 1 fully saturated rings. The fraction of sp³-hybridized carbons (Fsp3) is 0.778. The molecule has 34 heavy (non-hydrogen) atoms. The van der Waals surface area contributed by atoms with Crippen molar-refractivity contribution in [1.82, 2.24) is 9.21 Å². The lowest BCUT2D eigenvalue weighted by molar-refractivity contribution is 0.0530. The number of ether oxygens (including phenoxy) is 2. The predicted octanol–water partition coefficient (Wildman–Crippen LogP) is 5.26. The maximum atomic E-state index is 13.0. The molecule has 0 unspecified atom stereocenters. The van der Waals surface area contributed by atoms with E-state index in [1.807, 2.05) is 19.1 Å². The summed E-state index contributed by atoms with van der Waals surface area (Å²) in [5.74, 6) is 0. The average molecular weight is 497 g/mol. The SMILES string of the molecule is CCCCCCCCCCCCN1CCOCCN(S(=O)(=O)c2ccc(C)cc2)CCOCC1. The monoisotopic (exact) mass is 496 g/mol. The van der Waals surface area contributed by atoms with Crippen LogP contribution in [0.5, 0.6) is 0 Å². The van der Waals surface area contributed by atoms with E-state index in [1.54, 1.807) is 12.1 Å². The van der Waals surface area contributed by atoms with Crippen LogP contribution in [0.1, 0.15) is 76.7 Å². The van der Waals surface area contributed by atoms with Crippen LogP contribution in [0.15, 0.2) is 29.2 Å². The first-order valence-electron chi connectivity index (χ1n) is 13.5. The molecular weight excluding hydrogens is 448 g/mol. The first kappa shape index (κ1) is 29.2. The molecule has 0 spiro atoms. The fourth-order valence-corrected chi connectivity index (χ4v) is 5.70. The summed E-state index contributed by atoms with van der Waals surface area (Å²) in [6.07, 6.45) is 13.5. The van der Waals surface area contributed by atoms with E-state index in [4.69, 9.17) is 9.47 Å². The summed E-state index contributed by atoms with van der Waals surface area (Å²) in [6, 6.07) is 7.02. The number of nitrogens with zero attached hydrogens (tertiary/aromatic N) is 2. The number of sulfonamides is 1. The molecule has 0 N–H and O–H groups in total. The minimum Gasteiger partial charge on any atom is -0.379 e. The van der Waals surface area contributed by atoms with Crippen LogP contribution in [0, 0.1) is 6.92 Å². The van der Waals surface area contributed by atoms with Crippen molar-refractivity contribution >= 4 is 10.0 Å². The number of hydrogen-bond acceptors (Lipinski definition) is 5. The lowest BCUT2D eigenvalue weighted by Gasteiger charge is -2.26. The second-order valence-electron chi connectivity index (χ2n) is 9.47. The molecule has 0 bridgehead atoms. The summed E-state index contributed by atoms with van der Waals surface area (Å²) in [7, 11) is -3.54. The van der Waals surface area contributed by atoms with Crippen LogP contribution in [0.3, 0.4) is 0 Å². The lowest BCUT2D eigenvalue weighted by atomic mass is 10.1. The Morgan fingerprint density at radius 3 is 1.71 bits per heavy atom. The van der Waals surface area contributed by atoms with Crippen molar-refractivity contribution in [3.8, 4) is 0 Å². The van der Waals surface area contributed by atoms with Crippen LogP contribution in [0.25, 0.3) is 0 Å². The number of unbranched alkanes of at least 4 members (excludes halogenated alkanes) is 9. The van der Waals surface area contributed by atoms with Crippen LogP contribution in [-0.4, -0.2) is 76.8 Å². The second kappa shape index (κ2) is 17.4. The van der Waals surface area contributed by atoms with E-state index in [-0.39, 0.29) is 0 Å². The fourth-order valence-electron chi connectivity index (χ4n) is 4.29. The van der Waals surface area contributed by atoms with E-state index in [2.05, 4.69) is 11.8 Å². The van der Waals surface area contributed by atoms with Gasteiger partial charge in [0.2, 0.25) is 10.0 Å². The van der Waals surface area contributed by atoms with Gasteiger partial charge in [-0.15, -0.1) is 0 Å². The molecule has 0 atom stereocenters. The smallest absolute Gasteiger partial charge is 0.243 e. The summed E-state index contributed by atoms with van der Waals surface area (Å²) in [5, 5.41) is 0. The van der Waals surface area contributed by atoms with Crippen LogP contribution in [0.4, 0.5) is 0 Å². The van der Waals surface area contributed by atoms with Crippen LogP contribution >= 0.6 is 0 Å². The van der Waals surface area contributed by atoms with Gasteiger partial charge < -0.3 is 9.47 Å². The molecule has 0 aromatic heterocycles. The molecule has 2 rings (SSSR count). The van der Waals surface area contributed by atoms with Crippen LogP contribution in [-0.2, 0) is 19.5 Å². The topological polar surface area (TPSA) is 59.1 Å². The highest BCUT2D eigenvalue weighted by Gasteiger charge is 2.24. The van der Waals surface area contributed by atoms with Gasteiger partial charge in [-0.3, -0.25) is 4.90 Å². The molecule has 196 valence electrons. The Morgan fingerprint density at radius 1 is 0.706 bits per heavy atom. The van der Waals surface area contributed by atoms with E-state index in [0.717, 1.165) is 25.2 Å². The molecule has 0 radical (unpaired) electrons. The molecule has 1 aromatic rings. The zero-order valence-corrected chi connectivity index (χ0v) is 22.5. The third-order valence-corrected chi connectivity index (χ3v) is 8.47. The Kier molecular flexibility index (Phi) is 15.0. The van der Waals surface area contributed by atoms with Gasteiger partial charge in [0.05, 0.1) is 31.3 Å². The first-order chi connectivity index (χ1) is 16.5. The Bertz CT molecular complexity index is 726. The van der Waals surface area contributed by atoms with Gasteiger partial charge in [0.25, 0.3) is 0 Å². The van der Waals surface area contributed by atoms with Gasteiger partial charge >= 0.3 is 0 Å². The third kappa shape index (κ3) is 11.6. The van der Waals surface area contributed by atoms with E-state index in [0.29, 0.717) is 44.4 Å². The van der Waals surface area contributed by atoms with Gasteiger partial charge in [-0.25, -0.2) is 8.42 Å². The summed E-state index contributed by atoms with van der Waals surface area (Å²) >= 11 is 0. The van der Waals surface area contributed by atoms with Crippen LogP contribution in [0.2, 0.25) is 0 Å². The maximum Gasteiger partial charge on any atom is 0.243 e. The highest BCUT2D eigenvalue weighted by molar-refractivity contribution is 7.89. The van der Waals surface area contributed by atoms with Crippen molar-refractivity contribution < 1.29 is 17.9 Å². The molecule has 0 aliphatic carbocycles. The summed E-state index contributed by atoms with van der Waals surface area (Å²) in [4.78, 5) is 2.75. The van der Waals surface area contributed by atoms with E-state index >= 15 is 0 Å². The molecular formula is C27H48N2O4S. The van der Waals surface area contributed by atoms with Crippen molar-refractivity contribution in [2.24, 2.45) is 0 Å². The highest BCUT2D eigenvalue weighted by Crippen LogP contribution is 2.16. The van der Waals surface area contributed by atoms with E-state index < -0.39 is 10.0 Å². The lowest BCUT2D eigenvalue weighted by Crippen LogP contribution is -2.39. The van der Waals surface area contributed by atoms with Crippen molar-refractivity contribution in [1.29, 1.82) is 0 Å². The molecule has 0 saturated carbocycles. The van der Waals surface area contributed by atoms with Gasteiger partial charge in [-0.2, -0.15) is 4.31 Å². The Balaban J connectivity index is 1.66. The second-order valence-corrected chi connectivity index (χ2v) is 11.4. The van der Waals surface area contributed by atoms with Gasteiger partial charge in [0.1, 0.15) is 0 Å². The zero-order valence-electron chi connectivity index (χ0n) is 21.7. The van der Waals surface area contributed by atoms with Crippen molar-refractivity contribution in [3.63, 3.8) is 0 Å². The highest BCUT2D eigenvalue weighted by atomic mass is 32.2. The largest absolute Gasteiger partial charge is 0.379 e. The summed E-state index contributed by atoms with van der Waals surface area (Å²) < 4.78 is 39.2. The Hall–Kier alpha value is -0.990. The van der Waals surface area contributed by atoms with Crippen molar-refractivity contribution in [3.05, 3.63) is 29.8 Å². The van der Waals surface area contributed by atoms with Gasteiger partial charge in [0.15, 0.2) is 0 Å². The van der Waals surface area contributed by atoms with Gasteiger partial charge in [-0.1, -0.05) is 82.4 Å². The molecule has 1 aliphatic heterocycles. The number of rotatable bonds is 13. The van der Waals surface area contributed by atoms with Gasteiger partial charge in [0, 0.05) is 26.2 Å². The van der Waals surface area contributed by atoms with Gasteiger partial charge in [-0.05, 0) is 32.0 Å². The molecule has 7 heteroatoms. The average Bonchev–Trinajstić information content (AvgIpc) is 2.81. The number of aryl methyl sites for hydroxylation is 1. The van der Waals surface area contributed by atoms with Crippen LogP contribution < -0.4 is 0 Å². The zero-order chi connectivity index (χ0) is 24.5. The summed E-state index contributed by atoms with van der Waals surface area (Å²) in [6.45, 7) is 9.77. The maximum absolute atomic E-state index is 13.0. The molecule has 1 saturated heterocycles. The van der Waals surface area contributed by atoms with E-state index in [9.17, 15) is 8.42 Å². The molecule has 1 heterocycles. The quantitative estimate of drug-likeness (QED) is 0.349. The molecule has 1 aliphatic rings. The molecule has 1 aromatic carbocycles. The standard InChI is InChI=1S/C27H48N2O4S/c1-3-4-5-6-7-8-9-10-11-12-17-28-18-22-32-24-20-29(21-25-33-23-19-28)34(30,31)27-15-13-26(2)14-16-27/h13-16H,3-12,17-25H2,1-2H3. The number of benzene rings is 1. The van der Waals surface area contributed by atoms with E-state index in [1.165, 1.54) is 68.5 Å². The minimum atomic E-state index is -3.54. The van der Waals surface area contributed by atoms with Crippen molar-refractivity contribution in [2.45, 2.75) is 83.0 Å². The molecule has 6 nitrogen and oxygen atoms in total. The molecule has 0 amide bonds. The Morgan fingerprint density at radius 2 is 1.18 bits per heavy atom. The normalized spacial score (nSPS) is 17.8. The third-order valence-electron chi connectivity index (χ3n) is 6.56.